The summed E-state index contributed by atoms with van der Waals surface area (Å²) in [5.41, 5.74) is 1.12. The lowest BCUT2D eigenvalue weighted by molar-refractivity contribution is -0.130. The number of aromatic amines is 1. The van der Waals surface area contributed by atoms with Gasteiger partial charge in [0.25, 0.3) is 5.91 Å². The number of aromatic nitrogens is 4. The van der Waals surface area contributed by atoms with Crippen LogP contribution < -0.4 is 21.3 Å². The highest BCUT2D eigenvalue weighted by Crippen LogP contribution is 2.30. The molecule has 1 aromatic heterocycles. The summed E-state index contributed by atoms with van der Waals surface area (Å²) in [4.78, 5) is 64.9. The second kappa shape index (κ2) is 19.1. The molecule has 1 aliphatic heterocycles. The normalized spacial score (nSPS) is 17.6. The van der Waals surface area contributed by atoms with Crippen LogP contribution >= 0.6 is 0 Å². The molecule has 6 rings (SSSR count). The van der Waals surface area contributed by atoms with Crippen molar-refractivity contribution in [2.24, 2.45) is 11.8 Å². The Balaban J connectivity index is 1.11. The average Bonchev–Trinajstić information content (AvgIpc) is 3.75. The van der Waals surface area contributed by atoms with Gasteiger partial charge in [-0.15, -0.1) is 10.2 Å². The topological polar surface area (TPSA) is 221 Å². The Morgan fingerprint density at radius 2 is 1.52 bits per heavy atom. The van der Waals surface area contributed by atoms with Crippen LogP contribution in [-0.4, -0.2) is 97.9 Å². The summed E-state index contributed by atoms with van der Waals surface area (Å²) in [6.45, 7) is 6.22. The molecule has 1 atom stereocenters. The van der Waals surface area contributed by atoms with Crippen molar-refractivity contribution < 1.29 is 42.6 Å². The van der Waals surface area contributed by atoms with E-state index in [1.165, 1.54) is 4.90 Å². The van der Waals surface area contributed by atoms with Crippen molar-refractivity contribution in [3.8, 4) is 22.5 Å². The minimum atomic E-state index is -1.06. The number of H-pyrrole nitrogens is 1. The number of nitrogens with one attached hydrogen (secondary N) is 5. The summed E-state index contributed by atoms with van der Waals surface area (Å²) < 4.78 is 35.9. The molecule has 1 aliphatic carbocycles. The van der Waals surface area contributed by atoms with E-state index in [0.717, 1.165) is 12.1 Å². The number of hydrogen-bond donors (Lipinski definition) is 6. The molecule has 1 saturated carbocycles. The van der Waals surface area contributed by atoms with Crippen LogP contribution in [0, 0.1) is 23.5 Å². The van der Waals surface area contributed by atoms with Crippen LogP contribution in [0.25, 0.3) is 22.5 Å². The fourth-order valence-corrected chi connectivity index (χ4v) is 7.38. The van der Waals surface area contributed by atoms with Crippen molar-refractivity contribution in [1.29, 1.82) is 0 Å². The van der Waals surface area contributed by atoms with Crippen molar-refractivity contribution in [1.82, 2.24) is 41.5 Å². The molecule has 16 nitrogen and oxygen atoms in total. The number of rotatable bonds is 12. The quantitative estimate of drug-likeness (QED) is 0.103. The molecule has 0 spiro atoms. The first-order chi connectivity index (χ1) is 28.6. The average molecular weight is 830 g/mol. The minimum absolute atomic E-state index is 0.0984. The van der Waals surface area contributed by atoms with Crippen molar-refractivity contribution in [3.63, 3.8) is 0 Å². The summed E-state index contributed by atoms with van der Waals surface area (Å²) in [7, 11) is 0. The van der Waals surface area contributed by atoms with Gasteiger partial charge in [-0.25, -0.2) is 18.4 Å². The fraction of sp³-hybridized carbons (Fsp3) is 0.429. The standard InChI is InChI=1S/C42H49F2N9O7/c1-42(2,3)60-40(57)45-23-25-6-10-28(11-7-25)37(54)48-34(38(55)46-30-14-12-27(13-15-30)36-49-51-52-50-36)20-24-4-8-26(9-5-24)29-21-32(43)35(33(44)22-29)39(56)47-31-16-18-53(19-17-31)41(58)59/h4-5,8-9,12-15,21-22,25,28,31,34H,6-7,10-11,16-20,23H2,1-3H3,(H,45,57)(H,46,55)(H,47,56)(H,48,54)(H,58,59)(H,49,50,51,52)/t25-,28-,34-/m0/s1. The molecule has 0 bridgehead atoms. The monoisotopic (exact) mass is 829 g/mol. The zero-order valence-corrected chi connectivity index (χ0v) is 33.6. The molecule has 3 aromatic carbocycles. The van der Waals surface area contributed by atoms with Gasteiger partial charge in [0.15, 0.2) is 0 Å². The maximum Gasteiger partial charge on any atom is 0.407 e. The molecule has 2 heterocycles. The van der Waals surface area contributed by atoms with Gasteiger partial charge in [-0.2, -0.15) is 5.21 Å². The molecule has 18 heteroatoms. The van der Waals surface area contributed by atoms with E-state index in [4.69, 9.17) is 9.84 Å². The lowest BCUT2D eigenvalue weighted by Crippen LogP contribution is -2.48. The van der Waals surface area contributed by atoms with E-state index in [1.54, 1.807) is 69.3 Å². The van der Waals surface area contributed by atoms with Gasteiger partial charge in [0, 0.05) is 49.3 Å². The maximum atomic E-state index is 15.3. The van der Waals surface area contributed by atoms with E-state index < -0.39 is 58.9 Å². The number of halogens is 2. The van der Waals surface area contributed by atoms with E-state index in [2.05, 4.69) is 41.9 Å². The minimum Gasteiger partial charge on any atom is -0.465 e. The van der Waals surface area contributed by atoms with Crippen LogP contribution in [0.5, 0.6) is 0 Å². The number of ether oxygens (including phenoxy) is 1. The number of anilines is 1. The predicted molar refractivity (Wildman–Crippen MR) is 215 cm³/mol. The Kier molecular flexibility index (Phi) is 13.7. The van der Waals surface area contributed by atoms with E-state index in [-0.39, 0.29) is 42.8 Å². The zero-order chi connectivity index (χ0) is 43.0. The number of carboxylic acid groups (broad SMARTS) is 1. The predicted octanol–water partition coefficient (Wildman–Crippen LogP) is 5.68. The molecule has 60 heavy (non-hydrogen) atoms. The zero-order valence-electron chi connectivity index (χ0n) is 33.6. The molecule has 2 fully saturated rings. The molecule has 318 valence electrons. The Hall–Kier alpha value is -6.46. The third kappa shape index (κ3) is 11.6. The number of nitrogens with zero attached hydrogens (tertiary/aromatic N) is 4. The second-order valence-corrected chi connectivity index (χ2v) is 16.2. The van der Waals surface area contributed by atoms with Gasteiger partial charge in [0.05, 0.1) is 0 Å². The summed E-state index contributed by atoms with van der Waals surface area (Å²) in [6.07, 6.45) is 1.77. The molecule has 6 N–H and O–H groups in total. The van der Waals surface area contributed by atoms with Crippen LogP contribution in [0.1, 0.15) is 75.2 Å². The lowest BCUT2D eigenvalue weighted by Gasteiger charge is -2.30. The number of benzene rings is 3. The van der Waals surface area contributed by atoms with E-state index in [1.807, 2.05) is 0 Å². The van der Waals surface area contributed by atoms with Gasteiger partial charge in [0.1, 0.15) is 28.8 Å². The van der Waals surface area contributed by atoms with E-state index in [9.17, 15) is 24.0 Å². The third-order valence-electron chi connectivity index (χ3n) is 10.6. The molecule has 5 amide bonds. The SMILES string of the molecule is CC(C)(C)OC(=O)NC[C@H]1CC[C@H](C(=O)N[C@@H](Cc2ccc(-c3cc(F)c(C(=O)NC4CCN(C(=O)O)CC4)c(F)c3)cc2)C(=O)Nc2ccc(-c3nn[nH]n3)cc2)CC1. The number of piperidine rings is 1. The van der Waals surface area contributed by atoms with E-state index in [0.29, 0.717) is 73.3 Å². The van der Waals surface area contributed by atoms with Gasteiger partial charge >= 0.3 is 12.2 Å². The summed E-state index contributed by atoms with van der Waals surface area (Å²) in [5, 5.41) is 34.3. The molecule has 0 unspecified atom stereocenters. The van der Waals surface area contributed by atoms with Crippen LogP contribution in [0.4, 0.5) is 24.1 Å². The Bertz CT molecular complexity index is 2120. The van der Waals surface area contributed by atoms with Gasteiger partial charge in [-0.05, 0) is 124 Å². The molecular formula is C42H49F2N9O7. The lowest BCUT2D eigenvalue weighted by atomic mass is 9.81. The number of alkyl carbamates (subject to hydrolysis) is 1. The molecule has 4 aromatic rings. The highest BCUT2D eigenvalue weighted by Gasteiger charge is 2.31. The highest BCUT2D eigenvalue weighted by molar-refractivity contribution is 5.98. The molecule has 0 radical (unpaired) electrons. The van der Waals surface area contributed by atoms with Crippen molar-refractivity contribution in [2.45, 2.75) is 83.4 Å². The van der Waals surface area contributed by atoms with E-state index >= 15 is 8.78 Å². The van der Waals surface area contributed by atoms with Gasteiger partial charge in [0.2, 0.25) is 17.6 Å². The summed E-state index contributed by atoms with van der Waals surface area (Å²) in [6, 6.07) is 14.2. The van der Waals surface area contributed by atoms with Crippen LogP contribution in [0.15, 0.2) is 60.7 Å². The van der Waals surface area contributed by atoms with Crippen molar-refractivity contribution >= 4 is 35.6 Å². The number of carbonyl (C=O) groups is 5. The number of carbonyl (C=O) groups excluding carboxylic acids is 4. The second-order valence-electron chi connectivity index (χ2n) is 16.2. The van der Waals surface area contributed by atoms with Gasteiger partial charge in [-0.3, -0.25) is 14.4 Å². The molecular weight excluding hydrogens is 781 g/mol. The van der Waals surface area contributed by atoms with Crippen LogP contribution in [0.2, 0.25) is 0 Å². The number of tetrazole rings is 1. The van der Waals surface area contributed by atoms with Crippen LogP contribution in [0.3, 0.4) is 0 Å². The summed E-state index contributed by atoms with van der Waals surface area (Å²) in [5.74, 6) is -3.51. The fourth-order valence-electron chi connectivity index (χ4n) is 7.38. The first-order valence-electron chi connectivity index (χ1n) is 19.9. The Labute approximate surface area is 345 Å². The van der Waals surface area contributed by atoms with Crippen molar-refractivity contribution in [3.05, 3.63) is 83.4 Å². The number of amides is 5. The van der Waals surface area contributed by atoms with Gasteiger partial charge < -0.3 is 36.0 Å². The number of hydrogen-bond acceptors (Lipinski definition) is 9. The maximum absolute atomic E-state index is 15.3. The van der Waals surface area contributed by atoms with Crippen molar-refractivity contribution in [2.75, 3.05) is 25.0 Å². The summed E-state index contributed by atoms with van der Waals surface area (Å²) >= 11 is 0. The molecule has 2 aliphatic rings. The smallest absolute Gasteiger partial charge is 0.407 e. The third-order valence-corrected chi connectivity index (χ3v) is 10.6. The number of likely N-dealkylation sites (tertiary alicyclic amines) is 1. The largest absolute Gasteiger partial charge is 0.465 e. The molecule has 1 saturated heterocycles. The van der Waals surface area contributed by atoms with Gasteiger partial charge in [-0.1, -0.05) is 24.3 Å². The Morgan fingerprint density at radius 1 is 0.883 bits per heavy atom. The van der Waals surface area contributed by atoms with Crippen LogP contribution in [-0.2, 0) is 20.7 Å². The highest BCUT2D eigenvalue weighted by atomic mass is 19.1. The Morgan fingerprint density at radius 3 is 2.10 bits per heavy atom. The first-order valence-corrected chi connectivity index (χ1v) is 19.9. The first kappa shape index (κ1) is 43.1.